The SMILES string of the molecule is CC(C)N1CC(NS(=O)(=O)c2ccc3c(c2)CCC3)CC1=O. The number of nitrogens with zero attached hydrogens (tertiary/aromatic N) is 1. The van der Waals surface area contributed by atoms with E-state index >= 15 is 0 Å². The van der Waals surface area contributed by atoms with Gasteiger partial charge in [0.2, 0.25) is 15.9 Å². The molecule has 1 heterocycles. The molecule has 120 valence electrons. The number of carbonyl (C=O) groups is 1. The van der Waals surface area contributed by atoms with Crippen molar-refractivity contribution in [3.63, 3.8) is 0 Å². The van der Waals surface area contributed by atoms with Gasteiger partial charge in [-0.15, -0.1) is 0 Å². The molecule has 1 unspecified atom stereocenters. The molecule has 1 saturated heterocycles. The maximum absolute atomic E-state index is 12.5. The molecule has 1 aliphatic heterocycles. The van der Waals surface area contributed by atoms with E-state index in [0.29, 0.717) is 11.4 Å². The molecular weight excluding hydrogens is 300 g/mol. The number of aryl methyl sites for hydroxylation is 2. The fraction of sp³-hybridized carbons (Fsp3) is 0.562. The van der Waals surface area contributed by atoms with Gasteiger partial charge in [0.05, 0.1) is 4.90 Å². The molecule has 3 rings (SSSR count). The van der Waals surface area contributed by atoms with Crippen molar-refractivity contribution in [2.75, 3.05) is 6.54 Å². The zero-order chi connectivity index (χ0) is 15.9. The minimum Gasteiger partial charge on any atom is -0.339 e. The third kappa shape index (κ3) is 2.90. The van der Waals surface area contributed by atoms with Crippen LogP contribution < -0.4 is 4.72 Å². The highest BCUT2D eigenvalue weighted by Gasteiger charge is 2.34. The Balaban J connectivity index is 1.76. The van der Waals surface area contributed by atoms with Gasteiger partial charge in [-0.1, -0.05) is 6.07 Å². The molecule has 0 bridgehead atoms. The lowest BCUT2D eigenvalue weighted by Gasteiger charge is -2.21. The quantitative estimate of drug-likeness (QED) is 0.913. The van der Waals surface area contributed by atoms with Gasteiger partial charge >= 0.3 is 0 Å². The monoisotopic (exact) mass is 322 g/mol. The standard InChI is InChI=1S/C16H22N2O3S/c1-11(2)18-10-14(9-16(18)19)17-22(20,21)15-7-6-12-4-3-5-13(12)8-15/h6-8,11,14,17H,3-5,9-10H2,1-2H3. The Morgan fingerprint density at radius 2 is 1.95 bits per heavy atom. The fourth-order valence-electron chi connectivity index (χ4n) is 3.31. The first kappa shape index (κ1) is 15.5. The summed E-state index contributed by atoms with van der Waals surface area (Å²) >= 11 is 0. The zero-order valence-electron chi connectivity index (χ0n) is 13.0. The van der Waals surface area contributed by atoms with Crippen LogP contribution in [0.4, 0.5) is 0 Å². The number of nitrogens with one attached hydrogen (secondary N) is 1. The van der Waals surface area contributed by atoms with Gasteiger partial charge in [-0.3, -0.25) is 4.79 Å². The molecule has 22 heavy (non-hydrogen) atoms. The highest BCUT2D eigenvalue weighted by Crippen LogP contribution is 2.25. The van der Waals surface area contributed by atoms with Gasteiger partial charge in [0.25, 0.3) is 0 Å². The molecule has 1 aromatic rings. The minimum atomic E-state index is -3.57. The molecule has 5 nitrogen and oxygen atoms in total. The third-order valence-corrected chi connectivity index (χ3v) is 6.00. The van der Waals surface area contributed by atoms with E-state index in [1.54, 1.807) is 17.0 Å². The Bertz CT molecular complexity index is 697. The molecule has 1 aromatic carbocycles. The van der Waals surface area contributed by atoms with E-state index in [4.69, 9.17) is 0 Å². The Labute approximate surface area is 131 Å². The summed E-state index contributed by atoms with van der Waals surface area (Å²) in [5.41, 5.74) is 2.38. The Morgan fingerprint density at radius 1 is 1.23 bits per heavy atom. The number of hydrogen-bond donors (Lipinski definition) is 1. The Morgan fingerprint density at radius 3 is 2.64 bits per heavy atom. The topological polar surface area (TPSA) is 66.5 Å². The zero-order valence-corrected chi connectivity index (χ0v) is 13.8. The van der Waals surface area contributed by atoms with Crippen LogP contribution in [0.15, 0.2) is 23.1 Å². The molecule has 0 radical (unpaired) electrons. The van der Waals surface area contributed by atoms with Crippen LogP contribution in [0.5, 0.6) is 0 Å². The summed E-state index contributed by atoms with van der Waals surface area (Å²) in [4.78, 5) is 13.9. The summed E-state index contributed by atoms with van der Waals surface area (Å²) < 4.78 is 27.7. The minimum absolute atomic E-state index is 0.0108. The Hall–Kier alpha value is -1.40. The van der Waals surface area contributed by atoms with Gasteiger partial charge < -0.3 is 4.90 Å². The summed E-state index contributed by atoms with van der Waals surface area (Å²) in [6.07, 6.45) is 3.31. The highest BCUT2D eigenvalue weighted by atomic mass is 32.2. The molecule has 1 atom stereocenters. The lowest BCUT2D eigenvalue weighted by atomic mass is 10.1. The van der Waals surface area contributed by atoms with Crippen molar-refractivity contribution < 1.29 is 13.2 Å². The van der Waals surface area contributed by atoms with Crippen LogP contribution in [0.2, 0.25) is 0 Å². The van der Waals surface area contributed by atoms with Crippen LogP contribution in [-0.4, -0.2) is 37.9 Å². The molecule has 0 saturated carbocycles. The number of amides is 1. The molecule has 1 N–H and O–H groups in total. The molecule has 1 fully saturated rings. The predicted molar refractivity (Wildman–Crippen MR) is 84.0 cm³/mol. The van der Waals surface area contributed by atoms with Crippen LogP contribution in [0.3, 0.4) is 0 Å². The number of rotatable bonds is 4. The number of sulfonamides is 1. The second kappa shape index (κ2) is 5.66. The second-order valence-corrected chi connectivity index (χ2v) is 8.16. The predicted octanol–water partition coefficient (Wildman–Crippen LogP) is 1.46. The summed E-state index contributed by atoms with van der Waals surface area (Å²) in [7, 11) is -3.57. The van der Waals surface area contributed by atoms with Crippen molar-refractivity contribution in [1.82, 2.24) is 9.62 Å². The molecule has 0 spiro atoms. The van der Waals surface area contributed by atoms with Gasteiger partial charge in [-0.2, -0.15) is 0 Å². The number of benzene rings is 1. The van der Waals surface area contributed by atoms with E-state index in [-0.39, 0.29) is 24.4 Å². The van der Waals surface area contributed by atoms with Gasteiger partial charge in [0.15, 0.2) is 0 Å². The molecule has 1 amide bonds. The van der Waals surface area contributed by atoms with Crippen LogP contribution >= 0.6 is 0 Å². The van der Waals surface area contributed by atoms with Crippen molar-refractivity contribution in [2.24, 2.45) is 0 Å². The molecule has 2 aliphatic rings. The van der Waals surface area contributed by atoms with Gasteiger partial charge in [0, 0.05) is 25.0 Å². The van der Waals surface area contributed by atoms with E-state index < -0.39 is 10.0 Å². The van der Waals surface area contributed by atoms with E-state index in [0.717, 1.165) is 24.8 Å². The number of carbonyl (C=O) groups excluding carboxylic acids is 1. The van der Waals surface area contributed by atoms with Crippen molar-refractivity contribution in [3.05, 3.63) is 29.3 Å². The summed E-state index contributed by atoms with van der Waals surface area (Å²) in [5.74, 6) is 0.0108. The van der Waals surface area contributed by atoms with Crippen LogP contribution in [0.25, 0.3) is 0 Å². The molecule has 6 heteroatoms. The smallest absolute Gasteiger partial charge is 0.240 e. The molecule has 1 aliphatic carbocycles. The van der Waals surface area contributed by atoms with Gasteiger partial charge in [-0.25, -0.2) is 13.1 Å². The molecule has 0 aromatic heterocycles. The maximum atomic E-state index is 12.5. The third-order valence-electron chi connectivity index (χ3n) is 4.48. The van der Waals surface area contributed by atoms with E-state index in [2.05, 4.69) is 4.72 Å². The van der Waals surface area contributed by atoms with Crippen molar-refractivity contribution >= 4 is 15.9 Å². The first-order valence-electron chi connectivity index (χ1n) is 7.80. The average molecular weight is 322 g/mol. The highest BCUT2D eigenvalue weighted by molar-refractivity contribution is 7.89. The fourth-order valence-corrected chi connectivity index (χ4v) is 4.59. The lowest BCUT2D eigenvalue weighted by molar-refractivity contribution is -0.129. The van der Waals surface area contributed by atoms with E-state index in [1.165, 1.54) is 5.56 Å². The first-order valence-corrected chi connectivity index (χ1v) is 9.29. The number of hydrogen-bond acceptors (Lipinski definition) is 3. The lowest BCUT2D eigenvalue weighted by Crippen LogP contribution is -2.38. The average Bonchev–Trinajstić information content (AvgIpc) is 3.03. The number of likely N-dealkylation sites (tertiary alicyclic amines) is 1. The van der Waals surface area contributed by atoms with Crippen LogP contribution in [0.1, 0.15) is 37.8 Å². The second-order valence-electron chi connectivity index (χ2n) is 6.45. The summed E-state index contributed by atoms with van der Waals surface area (Å²) in [6.45, 7) is 4.32. The maximum Gasteiger partial charge on any atom is 0.240 e. The largest absolute Gasteiger partial charge is 0.339 e. The van der Waals surface area contributed by atoms with Crippen LogP contribution in [-0.2, 0) is 27.7 Å². The van der Waals surface area contributed by atoms with Crippen molar-refractivity contribution in [1.29, 1.82) is 0 Å². The first-order chi connectivity index (χ1) is 10.4. The summed E-state index contributed by atoms with van der Waals surface area (Å²) in [5, 5.41) is 0. The van der Waals surface area contributed by atoms with Gasteiger partial charge in [0.1, 0.15) is 0 Å². The number of fused-ring (bicyclic) bond motifs is 1. The summed E-state index contributed by atoms with van der Waals surface area (Å²) in [6, 6.07) is 5.12. The Kier molecular flexibility index (Phi) is 3.99. The van der Waals surface area contributed by atoms with Gasteiger partial charge in [-0.05, 0) is 56.4 Å². The molecular formula is C16H22N2O3S. The van der Waals surface area contributed by atoms with E-state index in [9.17, 15) is 13.2 Å². The van der Waals surface area contributed by atoms with Crippen molar-refractivity contribution in [3.8, 4) is 0 Å². The van der Waals surface area contributed by atoms with Crippen molar-refractivity contribution in [2.45, 2.75) is 56.5 Å². The van der Waals surface area contributed by atoms with E-state index in [1.807, 2.05) is 19.9 Å². The van der Waals surface area contributed by atoms with Crippen LogP contribution in [0, 0.1) is 0 Å². The normalized spacial score (nSPS) is 21.7.